The molecule has 1 unspecified atom stereocenters. The Bertz CT molecular complexity index is 323. The van der Waals surface area contributed by atoms with Gasteiger partial charge in [0.15, 0.2) is 5.84 Å². The highest BCUT2D eigenvalue weighted by molar-refractivity contribution is 6.19. The highest BCUT2D eigenvalue weighted by Crippen LogP contribution is 2.11. The first-order chi connectivity index (χ1) is 6.13. The molecule has 2 aliphatic heterocycles. The molecule has 0 aliphatic carbocycles. The van der Waals surface area contributed by atoms with Crippen LogP contribution in [0.2, 0.25) is 0 Å². The molecule has 2 aliphatic rings. The molecule has 1 atom stereocenters. The van der Waals surface area contributed by atoms with Gasteiger partial charge in [-0.25, -0.2) is 0 Å². The SMILES string of the molecule is NC1=NC(=O)C2(O)NCCNC2=N1. The van der Waals surface area contributed by atoms with Gasteiger partial charge in [-0.15, -0.1) is 0 Å². The van der Waals surface area contributed by atoms with Crippen LogP contribution in [0.25, 0.3) is 0 Å². The van der Waals surface area contributed by atoms with Crippen LogP contribution in [0.1, 0.15) is 0 Å². The predicted molar refractivity (Wildman–Crippen MR) is 45.0 cm³/mol. The lowest BCUT2D eigenvalue weighted by Gasteiger charge is -2.33. The third-order valence-corrected chi connectivity index (χ3v) is 1.89. The summed E-state index contributed by atoms with van der Waals surface area (Å²) >= 11 is 0. The lowest BCUT2D eigenvalue weighted by atomic mass is 10.1. The molecule has 1 saturated heterocycles. The van der Waals surface area contributed by atoms with Gasteiger partial charge in [0.05, 0.1) is 0 Å². The number of amidine groups is 1. The maximum atomic E-state index is 11.3. The number of nitrogens with zero attached hydrogens (tertiary/aromatic N) is 2. The fourth-order valence-electron chi connectivity index (χ4n) is 1.26. The van der Waals surface area contributed by atoms with Crippen molar-refractivity contribution in [2.24, 2.45) is 15.7 Å². The monoisotopic (exact) mass is 183 g/mol. The number of guanidine groups is 1. The van der Waals surface area contributed by atoms with Crippen molar-refractivity contribution in [2.75, 3.05) is 13.1 Å². The number of carbonyl (C=O) groups excluding carboxylic acids is 1. The van der Waals surface area contributed by atoms with E-state index in [4.69, 9.17) is 5.73 Å². The number of aliphatic hydroxyl groups is 1. The lowest BCUT2D eigenvalue weighted by molar-refractivity contribution is -0.133. The Labute approximate surface area is 73.7 Å². The highest BCUT2D eigenvalue weighted by atomic mass is 16.3. The molecule has 7 heteroatoms. The number of hydrogen-bond donors (Lipinski definition) is 4. The standard InChI is InChI=1S/C6H9N5O2/c7-5-10-3-6(13,4(12)11-5)9-2-1-8-3/h9,13H,1-2H2,(H3,7,8,10,11,12). The van der Waals surface area contributed by atoms with E-state index >= 15 is 0 Å². The average Bonchev–Trinajstić information content (AvgIpc) is 2.07. The molecule has 0 saturated carbocycles. The van der Waals surface area contributed by atoms with Crippen LogP contribution in [0, 0.1) is 0 Å². The molecule has 1 amide bonds. The van der Waals surface area contributed by atoms with Crippen LogP contribution in [-0.2, 0) is 4.79 Å². The van der Waals surface area contributed by atoms with Crippen molar-refractivity contribution < 1.29 is 9.90 Å². The first-order valence-corrected chi connectivity index (χ1v) is 3.82. The van der Waals surface area contributed by atoms with Crippen molar-refractivity contribution in [3.8, 4) is 0 Å². The van der Waals surface area contributed by atoms with E-state index in [0.29, 0.717) is 13.1 Å². The molecule has 13 heavy (non-hydrogen) atoms. The summed E-state index contributed by atoms with van der Waals surface area (Å²) in [5, 5.41) is 15.2. The number of aliphatic imine (C=N–C) groups is 2. The van der Waals surface area contributed by atoms with E-state index < -0.39 is 11.6 Å². The van der Waals surface area contributed by atoms with E-state index in [1.54, 1.807) is 0 Å². The predicted octanol–water partition coefficient (Wildman–Crippen LogP) is -2.88. The second-order valence-electron chi connectivity index (χ2n) is 2.80. The molecule has 1 fully saturated rings. The van der Waals surface area contributed by atoms with Crippen LogP contribution in [-0.4, -0.2) is 41.6 Å². The molecule has 70 valence electrons. The van der Waals surface area contributed by atoms with Crippen molar-refractivity contribution >= 4 is 17.7 Å². The minimum Gasteiger partial charge on any atom is -0.368 e. The van der Waals surface area contributed by atoms with Gasteiger partial charge in [0, 0.05) is 13.1 Å². The molecular weight excluding hydrogens is 174 g/mol. The molecule has 7 nitrogen and oxygen atoms in total. The summed E-state index contributed by atoms with van der Waals surface area (Å²) in [6.07, 6.45) is 0. The zero-order valence-corrected chi connectivity index (χ0v) is 6.74. The second-order valence-corrected chi connectivity index (χ2v) is 2.80. The third kappa shape index (κ3) is 1.09. The minimum absolute atomic E-state index is 0.122. The third-order valence-electron chi connectivity index (χ3n) is 1.89. The number of piperazine rings is 1. The molecule has 0 aromatic heterocycles. The smallest absolute Gasteiger partial charge is 0.304 e. The van der Waals surface area contributed by atoms with E-state index in [-0.39, 0.29) is 11.8 Å². The van der Waals surface area contributed by atoms with Gasteiger partial charge in [0.25, 0.3) is 5.72 Å². The van der Waals surface area contributed by atoms with Crippen molar-refractivity contribution in [2.45, 2.75) is 5.72 Å². The normalized spacial score (nSPS) is 32.8. The van der Waals surface area contributed by atoms with Gasteiger partial charge in [0.1, 0.15) is 0 Å². The highest BCUT2D eigenvalue weighted by Gasteiger charge is 2.45. The lowest BCUT2D eigenvalue weighted by Crippen LogP contribution is -2.68. The number of carbonyl (C=O) groups is 1. The van der Waals surface area contributed by atoms with E-state index in [0.717, 1.165) is 0 Å². The average molecular weight is 183 g/mol. The van der Waals surface area contributed by atoms with Gasteiger partial charge in [-0.2, -0.15) is 9.98 Å². The Balaban J connectivity index is 2.42. The first-order valence-electron chi connectivity index (χ1n) is 3.82. The van der Waals surface area contributed by atoms with Crippen LogP contribution < -0.4 is 16.4 Å². The Kier molecular flexibility index (Phi) is 1.57. The van der Waals surface area contributed by atoms with Crippen molar-refractivity contribution in [1.29, 1.82) is 0 Å². The second kappa shape index (κ2) is 2.51. The first kappa shape index (κ1) is 8.14. The Hall–Kier alpha value is -1.47. The summed E-state index contributed by atoms with van der Waals surface area (Å²) < 4.78 is 0. The fourth-order valence-corrected chi connectivity index (χ4v) is 1.26. The topological polar surface area (TPSA) is 112 Å². The van der Waals surface area contributed by atoms with Gasteiger partial charge in [-0.1, -0.05) is 0 Å². The fraction of sp³-hybridized carbons (Fsp3) is 0.500. The van der Waals surface area contributed by atoms with Crippen molar-refractivity contribution in [1.82, 2.24) is 10.6 Å². The van der Waals surface area contributed by atoms with Gasteiger partial charge in [-0.3, -0.25) is 10.1 Å². The molecule has 0 bridgehead atoms. The zero-order chi connectivity index (χ0) is 9.47. The molecule has 2 heterocycles. The summed E-state index contributed by atoms with van der Waals surface area (Å²) in [6, 6.07) is 0. The number of nitrogens with two attached hydrogens (primary N) is 1. The minimum atomic E-state index is -1.80. The Morgan fingerprint density at radius 3 is 3.00 bits per heavy atom. The largest absolute Gasteiger partial charge is 0.368 e. The van der Waals surface area contributed by atoms with Gasteiger partial charge < -0.3 is 16.2 Å². The molecule has 5 N–H and O–H groups in total. The van der Waals surface area contributed by atoms with Crippen molar-refractivity contribution in [3.63, 3.8) is 0 Å². The maximum absolute atomic E-state index is 11.3. The Morgan fingerprint density at radius 1 is 1.46 bits per heavy atom. The van der Waals surface area contributed by atoms with E-state index in [1.807, 2.05) is 0 Å². The zero-order valence-electron chi connectivity index (χ0n) is 6.74. The summed E-state index contributed by atoms with van der Waals surface area (Å²) in [6.45, 7) is 1.05. The molecule has 0 spiro atoms. The van der Waals surface area contributed by atoms with Crippen molar-refractivity contribution in [3.05, 3.63) is 0 Å². The maximum Gasteiger partial charge on any atom is 0.304 e. The number of fused-ring (bicyclic) bond motifs is 1. The van der Waals surface area contributed by atoms with Gasteiger partial charge >= 0.3 is 5.91 Å². The van der Waals surface area contributed by atoms with Crippen LogP contribution in [0.3, 0.4) is 0 Å². The molecule has 0 radical (unpaired) electrons. The molecule has 0 aromatic carbocycles. The van der Waals surface area contributed by atoms with E-state index in [9.17, 15) is 9.90 Å². The molecular formula is C6H9N5O2. The number of hydrogen-bond acceptors (Lipinski definition) is 6. The Morgan fingerprint density at radius 2 is 2.23 bits per heavy atom. The number of rotatable bonds is 0. The van der Waals surface area contributed by atoms with Crippen LogP contribution in [0.5, 0.6) is 0 Å². The van der Waals surface area contributed by atoms with E-state index in [1.165, 1.54) is 0 Å². The van der Waals surface area contributed by atoms with Crippen LogP contribution in [0.4, 0.5) is 0 Å². The molecule has 2 rings (SSSR count). The summed E-state index contributed by atoms with van der Waals surface area (Å²) in [4.78, 5) is 18.3. The molecule has 0 aromatic rings. The summed E-state index contributed by atoms with van der Waals surface area (Å²) in [5.41, 5.74) is 3.45. The number of nitrogens with one attached hydrogen (secondary N) is 2. The summed E-state index contributed by atoms with van der Waals surface area (Å²) in [5.74, 6) is -0.751. The van der Waals surface area contributed by atoms with Gasteiger partial charge in [0.2, 0.25) is 5.96 Å². The van der Waals surface area contributed by atoms with Crippen LogP contribution >= 0.6 is 0 Å². The van der Waals surface area contributed by atoms with Gasteiger partial charge in [-0.05, 0) is 0 Å². The van der Waals surface area contributed by atoms with Crippen LogP contribution in [0.15, 0.2) is 9.98 Å². The van der Waals surface area contributed by atoms with E-state index in [2.05, 4.69) is 20.6 Å². The summed E-state index contributed by atoms with van der Waals surface area (Å²) in [7, 11) is 0. The number of amides is 1. The quantitative estimate of drug-likeness (QED) is 0.322.